The van der Waals surface area contributed by atoms with Crippen LogP contribution in [0.2, 0.25) is 0 Å². The molecule has 0 saturated heterocycles. The van der Waals surface area contributed by atoms with Crippen molar-refractivity contribution in [2.24, 2.45) is 0 Å². The van der Waals surface area contributed by atoms with Gasteiger partial charge in [0.2, 0.25) is 0 Å². The highest BCUT2D eigenvalue weighted by atomic mass is 16.3. The number of hydrogen-bond donors (Lipinski definition) is 0. The molecule has 0 unspecified atom stereocenters. The number of benzene rings is 8. The minimum Gasteiger partial charge on any atom is -0.456 e. The second-order valence-electron chi connectivity index (χ2n) is 14.2. The Bertz CT molecular complexity index is 2980. The fourth-order valence-corrected chi connectivity index (χ4v) is 8.71. The molecule has 1 aliphatic carbocycles. The molecule has 1 aliphatic rings. The van der Waals surface area contributed by atoms with E-state index in [1.807, 2.05) is 12.1 Å². The molecule has 3 heteroatoms. The molecule has 0 saturated carbocycles. The van der Waals surface area contributed by atoms with Gasteiger partial charge in [-0.2, -0.15) is 0 Å². The van der Waals surface area contributed by atoms with Crippen LogP contribution in [0, 0.1) is 0 Å². The summed E-state index contributed by atoms with van der Waals surface area (Å²) in [5.74, 6) is 0. The molecular formula is C50H33NO2. The average molecular weight is 680 g/mol. The van der Waals surface area contributed by atoms with Crippen molar-refractivity contribution in [3.8, 4) is 22.3 Å². The van der Waals surface area contributed by atoms with Crippen LogP contribution in [0.4, 0.5) is 17.1 Å². The van der Waals surface area contributed by atoms with Crippen molar-refractivity contribution in [1.82, 2.24) is 0 Å². The Hall–Kier alpha value is -6.84. The number of nitrogens with zero attached hydrogens (tertiary/aromatic N) is 1. The maximum Gasteiger partial charge on any atom is 0.136 e. The average Bonchev–Trinajstić information content (AvgIpc) is 3.86. The Kier molecular flexibility index (Phi) is 6.38. The van der Waals surface area contributed by atoms with E-state index in [2.05, 4.69) is 182 Å². The Morgan fingerprint density at radius 3 is 1.70 bits per heavy atom. The molecular weight excluding hydrogens is 647 g/mol. The first-order chi connectivity index (χ1) is 26.1. The van der Waals surface area contributed by atoms with Gasteiger partial charge in [0.15, 0.2) is 0 Å². The van der Waals surface area contributed by atoms with Gasteiger partial charge in [-0.25, -0.2) is 0 Å². The monoisotopic (exact) mass is 679 g/mol. The van der Waals surface area contributed by atoms with E-state index in [9.17, 15) is 0 Å². The first-order valence-electron chi connectivity index (χ1n) is 18.2. The molecule has 0 spiro atoms. The molecule has 3 nitrogen and oxygen atoms in total. The van der Waals surface area contributed by atoms with Gasteiger partial charge in [-0.3, -0.25) is 0 Å². The molecule has 0 aliphatic heterocycles. The van der Waals surface area contributed by atoms with E-state index in [0.717, 1.165) is 72.1 Å². The van der Waals surface area contributed by atoms with Gasteiger partial charge in [-0.1, -0.05) is 109 Å². The molecule has 8 aromatic carbocycles. The van der Waals surface area contributed by atoms with Crippen LogP contribution in [0.25, 0.3) is 66.1 Å². The van der Waals surface area contributed by atoms with E-state index in [4.69, 9.17) is 8.83 Å². The highest BCUT2D eigenvalue weighted by Gasteiger charge is 2.40. The maximum atomic E-state index is 6.52. The molecule has 11 rings (SSSR count). The van der Waals surface area contributed by atoms with Gasteiger partial charge in [-0.15, -0.1) is 0 Å². The number of anilines is 3. The van der Waals surface area contributed by atoms with Crippen molar-refractivity contribution in [2.75, 3.05) is 4.90 Å². The Morgan fingerprint density at radius 1 is 0.377 bits per heavy atom. The van der Waals surface area contributed by atoms with Crippen LogP contribution in [-0.2, 0) is 5.41 Å². The molecule has 10 aromatic rings. The Balaban J connectivity index is 0.966. The van der Waals surface area contributed by atoms with Crippen molar-refractivity contribution >= 4 is 60.9 Å². The van der Waals surface area contributed by atoms with Gasteiger partial charge < -0.3 is 13.7 Å². The number of furan rings is 2. The topological polar surface area (TPSA) is 29.5 Å². The fourth-order valence-electron chi connectivity index (χ4n) is 8.71. The summed E-state index contributed by atoms with van der Waals surface area (Å²) in [5, 5.41) is 4.49. The zero-order chi connectivity index (χ0) is 35.1. The minimum absolute atomic E-state index is 0.252. The summed E-state index contributed by atoms with van der Waals surface area (Å²) in [6.07, 6.45) is 0. The van der Waals surface area contributed by atoms with E-state index in [1.54, 1.807) is 0 Å². The molecule has 0 amide bonds. The number of fused-ring (bicyclic) bond motifs is 9. The molecule has 250 valence electrons. The summed E-state index contributed by atoms with van der Waals surface area (Å²) in [7, 11) is 0. The molecule has 53 heavy (non-hydrogen) atoms. The summed E-state index contributed by atoms with van der Waals surface area (Å²) in [4.78, 5) is 2.30. The van der Waals surface area contributed by atoms with Crippen molar-refractivity contribution < 1.29 is 8.83 Å². The molecule has 0 bridgehead atoms. The van der Waals surface area contributed by atoms with Gasteiger partial charge in [0, 0.05) is 44.0 Å². The Labute approximate surface area is 307 Å². The first-order valence-corrected chi connectivity index (χ1v) is 18.2. The lowest BCUT2D eigenvalue weighted by Crippen LogP contribution is -2.22. The van der Waals surface area contributed by atoms with Crippen LogP contribution in [0.5, 0.6) is 0 Å². The molecule has 0 radical (unpaired) electrons. The third kappa shape index (κ3) is 4.47. The summed E-state index contributed by atoms with van der Waals surface area (Å²) < 4.78 is 12.7. The molecule has 2 aromatic heterocycles. The lowest BCUT2D eigenvalue weighted by Gasteiger charge is -2.28. The normalized spacial score (nSPS) is 13.2. The van der Waals surface area contributed by atoms with Crippen LogP contribution >= 0.6 is 0 Å². The van der Waals surface area contributed by atoms with Crippen LogP contribution in [0.3, 0.4) is 0 Å². The SMILES string of the molecule is CC1(c2ccc3oc4cc(-c5ccc(N(c6ccccc6)c6ccc7oc8ccccc8c7c6)cc5)ccc4c3c2)c2ccccc2-c2ccccc21. The zero-order valence-electron chi connectivity index (χ0n) is 29.1. The molecule has 0 atom stereocenters. The molecule has 0 fully saturated rings. The quantitative estimate of drug-likeness (QED) is 0.181. The Morgan fingerprint density at radius 2 is 0.925 bits per heavy atom. The summed E-state index contributed by atoms with van der Waals surface area (Å²) in [6.45, 7) is 2.36. The van der Waals surface area contributed by atoms with E-state index in [0.29, 0.717) is 0 Å². The van der Waals surface area contributed by atoms with Crippen LogP contribution in [0.1, 0.15) is 23.6 Å². The van der Waals surface area contributed by atoms with Gasteiger partial charge in [0.25, 0.3) is 0 Å². The number of para-hydroxylation sites is 2. The third-order valence-corrected chi connectivity index (χ3v) is 11.4. The van der Waals surface area contributed by atoms with Crippen LogP contribution < -0.4 is 4.90 Å². The van der Waals surface area contributed by atoms with Gasteiger partial charge in [-0.05, 0) is 119 Å². The highest BCUT2D eigenvalue weighted by molar-refractivity contribution is 6.07. The van der Waals surface area contributed by atoms with E-state index in [-0.39, 0.29) is 5.41 Å². The maximum absolute atomic E-state index is 6.52. The first kappa shape index (κ1) is 29.8. The van der Waals surface area contributed by atoms with Crippen LogP contribution in [0.15, 0.2) is 191 Å². The van der Waals surface area contributed by atoms with Crippen LogP contribution in [-0.4, -0.2) is 0 Å². The van der Waals surface area contributed by atoms with Crippen molar-refractivity contribution in [1.29, 1.82) is 0 Å². The smallest absolute Gasteiger partial charge is 0.136 e. The predicted octanol–water partition coefficient (Wildman–Crippen LogP) is 14.0. The second kappa shape index (κ2) is 11.3. The lowest BCUT2D eigenvalue weighted by molar-refractivity contribution is 0.667. The van der Waals surface area contributed by atoms with E-state index < -0.39 is 0 Å². The predicted molar refractivity (Wildman–Crippen MR) is 219 cm³/mol. The van der Waals surface area contributed by atoms with Crippen molar-refractivity contribution in [3.63, 3.8) is 0 Å². The minimum atomic E-state index is -0.252. The van der Waals surface area contributed by atoms with Crippen molar-refractivity contribution in [2.45, 2.75) is 12.3 Å². The standard InChI is InChI=1S/C50H33NO2/c1-50(44-16-8-5-13-38(44)39-14-6-9-17-45(39)50)34-22-27-47-42(30-34)41-26-21-33(29-49(41)53-47)32-19-23-36(24-20-32)51(35-11-3-2-4-12-35)37-25-28-48-43(31-37)40-15-7-10-18-46(40)52-48/h2-31H,1H3. The molecule has 2 heterocycles. The fraction of sp³-hybridized carbons (Fsp3) is 0.0400. The van der Waals surface area contributed by atoms with Crippen molar-refractivity contribution in [3.05, 3.63) is 199 Å². The summed E-state index contributed by atoms with van der Waals surface area (Å²) in [5.41, 5.74) is 15.4. The van der Waals surface area contributed by atoms with Gasteiger partial charge in [0.1, 0.15) is 22.3 Å². The summed E-state index contributed by atoms with van der Waals surface area (Å²) >= 11 is 0. The number of rotatable bonds is 5. The third-order valence-electron chi connectivity index (χ3n) is 11.4. The highest BCUT2D eigenvalue weighted by Crippen LogP contribution is 2.53. The second-order valence-corrected chi connectivity index (χ2v) is 14.2. The van der Waals surface area contributed by atoms with E-state index in [1.165, 1.54) is 27.8 Å². The largest absolute Gasteiger partial charge is 0.456 e. The molecule has 0 N–H and O–H groups in total. The summed E-state index contributed by atoms with van der Waals surface area (Å²) in [6, 6.07) is 65.0. The number of hydrogen-bond acceptors (Lipinski definition) is 3. The zero-order valence-corrected chi connectivity index (χ0v) is 29.1. The lowest BCUT2D eigenvalue weighted by atomic mass is 9.74. The van der Waals surface area contributed by atoms with E-state index >= 15 is 0 Å². The van der Waals surface area contributed by atoms with Gasteiger partial charge >= 0.3 is 0 Å². The van der Waals surface area contributed by atoms with Gasteiger partial charge in [0.05, 0.1) is 0 Å².